The van der Waals surface area contributed by atoms with Gasteiger partial charge in [-0.3, -0.25) is 4.79 Å². The Labute approximate surface area is 105 Å². The molecule has 0 heterocycles. The number of nitrogens with zero attached hydrogens (tertiary/aromatic N) is 1. The van der Waals surface area contributed by atoms with Gasteiger partial charge < -0.3 is 10.1 Å². The fourth-order valence-electron chi connectivity index (χ4n) is 1.16. The quantitative estimate of drug-likeness (QED) is 0.873. The van der Waals surface area contributed by atoms with Gasteiger partial charge >= 0.3 is 0 Å². The molecule has 1 rings (SSSR count). The van der Waals surface area contributed by atoms with E-state index in [-0.39, 0.29) is 18.9 Å². The SMILES string of the molecule is CC(C#N)NC(=O)CCOc1cccc(Cl)c1. The molecular formula is C12H13ClN2O2. The number of hydrogen-bond donors (Lipinski definition) is 1. The van der Waals surface area contributed by atoms with E-state index < -0.39 is 6.04 Å². The average molecular weight is 253 g/mol. The molecule has 0 saturated carbocycles. The molecule has 0 spiro atoms. The van der Waals surface area contributed by atoms with Gasteiger partial charge in [0.15, 0.2) is 0 Å². The van der Waals surface area contributed by atoms with Gasteiger partial charge in [0.25, 0.3) is 0 Å². The van der Waals surface area contributed by atoms with Crippen molar-refractivity contribution in [1.29, 1.82) is 5.26 Å². The lowest BCUT2D eigenvalue weighted by Crippen LogP contribution is -2.32. The highest BCUT2D eigenvalue weighted by molar-refractivity contribution is 6.30. The molecule has 0 aromatic heterocycles. The number of halogens is 1. The number of nitrogens with one attached hydrogen (secondary N) is 1. The van der Waals surface area contributed by atoms with Gasteiger partial charge in [-0.15, -0.1) is 0 Å². The smallest absolute Gasteiger partial charge is 0.224 e. The topological polar surface area (TPSA) is 62.1 Å². The maximum absolute atomic E-state index is 11.3. The minimum atomic E-state index is -0.478. The molecule has 1 aromatic carbocycles. The normalized spacial score (nSPS) is 11.4. The van der Waals surface area contributed by atoms with Crippen LogP contribution in [0.2, 0.25) is 5.02 Å². The second-order valence-corrected chi connectivity index (χ2v) is 3.91. The molecule has 0 aliphatic rings. The fourth-order valence-corrected chi connectivity index (χ4v) is 1.34. The predicted molar refractivity (Wildman–Crippen MR) is 64.8 cm³/mol. The molecule has 1 atom stereocenters. The summed E-state index contributed by atoms with van der Waals surface area (Å²) in [5, 5.41) is 11.6. The molecule has 1 aromatic rings. The molecule has 90 valence electrons. The molecule has 0 fully saturated rings. The Morgan fingerprint density at radius 2 is 2.41 bits per heavy atom. The van der Waals surface area contributed by atoms with Crippen molar-refractivity contribution in [1.82, 2.24) is 5.32 Å². The van der Waals surface area contributed by atoms with Crippen LogP contribution in [0.4, 0.5) is 0 Å². The summed E-state index contributed by atoms with van der Waals surface area (Å²) in [7, 11) is 0. The van der Waals surface area contributed by atoms with Gasteiger partial charge in [-0.2, -0.15) is 5.26 Å². The molecule has 0 bridgehead atoms. The molecule has 5 heteroatoms. The molecule has 0 saturated heterocycles. The number of rotatable bonds is 5. The zero-order valence-electron chi connectivity index (χ0n) is 9.44. The number of ether oxygens (including phenoxy) is 1. The van der Waals surface area contributed by atoms with E-state index >= 15 is 0 Å². The summed E-state index contributed by atoms with van der Waals surface area (Å²) in [6.45, 7) is 1.88. The van der Waals surface area contributed by atoms with Crippen LogP contribution in [0, 0.1) is 11.3 Å². The molecule has 0 aliphatic carbocycles. The maximum Gasteiger partial charge on any atom is 0.224 e. The first-order chi connectivity index (χ1) is 8.11. The van der Waals surface area contributed by atoms with Gasteiger partial charge in [0.2, 0.25) is 5.91 Å². The standard InChI is InChI=1S/C12H13ClN2O2/c1-9(8-14)15-12(16)5-6-17-11-4-2-3-10(13)7-11/h2-4,7,9H,5-6H2,1H3,(H,15,16). The lowest BCUT2D eigenvalue weighted by Gasteiger charge is -2.08. The average Bonchev–Trinajstić information content (AvgIpc) is 2.29. The number of carbonyl (C=O) groups excluding carboxylic acids is 1. The van der Waals surface area contributed by atoms with Crippen molar-refractivity contribution < 1.29 is 9.53 Å². The molecule has 1 N–H and O–H groups in total. The van der Waals surface area contributed by atoms with Gasteiger partial charge in [0.1, 0.15) is 11.8 Å². The zero-order valence-corrected chi connectivity index (χ0v) is 10.2. The van der Waals surface area contributed by atoms with E-state index in [1.165, 1.54) is 0 Å². The highest BCUT2D eigenvalue weighted by Gasteiger charge is 2.05. The molecule has 17 heavy (non-hydrogen) atoms. The van der Waals surface area contributed by atoms with Crippen LogP contribution >= 0.6 is 11.6 Å². The van der Waals surface area contributed by atoms with Crippen LogP contribution in [0.3, 0.4) is 0 Å². The highest BCUT2D eigenvalue weighted by Crippen LogP contribution is 2.16. The van der Waals surface area contributed by atoms with Gasteiger partial charge in [-0.1, -0.05) is 17.7 Å². The van der Waals surface area contributed by atoms with Gasteiger partial charge in [-0.25, -0.2) is 0 Å². The van der Waals surface area contributed by atoms with Crippen LogP contribution in [0.25, 0.3) is 0 Å². The van der Waals surface area contributed by atoms with Gasteiger partial charge in [-0.05, 0) is 25.1 Å². The van der Waals surface area contributed by atoms with Crippen LogP contribution in [0.5, 0.6) is 5.75 Å². The second kappa shape index (κ2) is 6.77. The fraction of sp³-hybridized carbons (Fsp3) is 0.333. The lowest BCUT2D eigenvalue weighted by atomic mass is 10.3. The third-order valence-corrected chi connectivity index (χ3v) is 2.20. The Bertz CT molecular complexity index is 429. The maximum atomic E-state index is 11.3. The minimum absolute atomic E-state index is 0.207. The van der Waals surface area contributed by atoms with Crippen molar-refractivity contribution in [2.24, 2.45) is 0 Å². The number of benzene rings is 1. The Hall–Kier alpha value is -1.73. The summed E-state index contributed by atoms with van der Waals surface area (Å²) in [4.78, 5) is 11.3. The van der Waals surface area contributed by atoms with Crippen LogP contribution in [0.1, 0.15) is 13.3 Å². The third kappa shape index (κ3) is 5.23. The first-order valence-electron chi connectivity index (χ1n) is 5.19. The van der Waals surface area contributed by atoms with Crippen molar-refractivity contribution in [3.63, 3.8) is 0 Å². The summed E-state index contributed by atoms with van der Waals surface area (Å²) in [6, 6.07) is 8.41. The van der Waals surface area contributed by atoms with Crippen LogP contribution < -0.4 is 10.1 Å². The summed E-state index contributed by atoms with van der Waals surface area (Å²) in [5.41, 5.74) is 0. The van der Waals surface area contributed by atoms with E-state index in [1.54, 1.807) is 31.2 Å². The first-order valence-corrected chi connectivity index (χ1v) is 5.57. The van der Waals surface area contributed by atoms with E-state index in [4.69, 9.17) is 21.6 Å². The van der Waals surface area contributed by atoms with E-state index in [2.05, 4.69) is 5.32 Å². The zero-order chi connectivity index (χ0) is 12.7. The Morgan fingerprint density at radius 1 is 1.65 bits per heavy atom. The van der Waals surface area contributed by atoms with E-state index in [9.17, 15) is 4.79 Å². The predicted octanol–water partition coefficient (Wildman–Crippen LogP) is 2.14. The van der Waals surface area contributed by atoms with Crippen LogP contribution in [-0.2, 0) is 4.79 Å². The number of nitriles is 1. The highest BCUT2D eigenvalue weighted by atomic mass is 35.5. The van der Waals surface area contributed by atoms with E-state index in [0.29, 0.717) is 10.8 Å². The molecular weight excluding hydrogens is 240 g/mol. The molecule has 0 aliphatic heterocycles. The number of amides is 1. The van der Waals surface area contributed by atoms with E-state index in [1.807, 2.05) is 6.07 Å². The minimum Gasteiger partial charge on any atom is -0.493 e. The Morgan fingerprint density at radius 3 is 3.06 bits per heavy atom. The number of hydrogen-bond acceptors (Lipinski definition) is 3. The monoisotopic (exact) mass is 252 g/mol. The van der Waals surface area contributed by atoms with Gasteiger partial charge in [0.05, 0.1) is 19.1 Å². The van der Waals surface area contributed by atoms with Crippen molar-refractivity contribution >= 4 is 17.5 Å². The summed E-state index contributed by atoms with van der Waals surface area (Å²) in [5.74, 6) is 0.416. The van der Waals surface area contributed by atoms with Crippen molar-refractivity contribution in [2.45, 2.75) is 19.4 Å². The van der Waals surface area contributed by atoms with Crippen LogP contribution in [0.15, 0.2) is 24.3 Å². The molecule has 0 radical (unpaired) electrons. The lowest BCUT2D eigenvalue weighted by molar-refractivity contribution is -0.121. The molecule has 4 nitrogen and oxygen atoms in total. The summed E-state index contributed by atoms with van der Waals surface area (Å²) >= 11 is 5.78. The van der Waals surface area contributed by atoms with Crippen molar-refractivity contribution in [3.8, 4) is 11.8 Å². The van der Waals surface area contributed by atoms with E-state index in [0.717, 1.165) is 0 Å². The summed E-state index contributed by atoms with van der Waals surface area (Å²) in [6.07, 6.45) is 0.207. The van der Waals surface area contributed by atoms with Crippen molar-refractivity contribution in [3.05, 3.63) is 29.3 Å². The molecule has 1 amide bonds. The molecule has 1 unspecified atom stereocenters. The third-order valence-electron chi connectivity index (χ3n) is 1.97. The van der Waals surface area contributed by atoms with Crippen molar-refractivity contribution in [2.75, 3.05) is 6.61 Å². The van der Waals surface area contributed by atoms with Gasteiger partial charge in [0, 0.05) is 5.02 Å². The largest absolute Gasteiger partial charge is 0.493 e. The Balaban J connectivity index is 2.29. The van der Waals surface area contributed by atoms with Crippen LogP contribution in [-0.4, -0.2) is 18.6 Å². The summed E-state index contributed by atoms with van der Waals surface area (Å²) < 4.78 is 5.34. The Kier molecular flexibility index (Phi) is 5.31. The first kappa shape index (κ1) is 13.3. The number of carbonyl (C=O) groups is 1. The second-order valence-electron chi connectivity index (χ2n) is 3.47.